The van der Waals surface area contributed by atoms with Crippen molar-refractivity contribution in [1.82, 2.24) is 10.1 Å². The van der Waals surface area contributed by atoms with E-state index < -0.39 is 5.82 Å². The van der Waals surface area contributed by atoms with Crippen LogP contribution in [0.15, 0.2) is 33.3 Å². The van der Waals surface area contributed by atoms with E-state index in [4.69, 9.17) is 4.52 Å². The molecule has 7 heteroatoms. The first-order valence-electron chi connectivity index (χ1n) is 7.95. The molecule has 1 fully saturated rings. The van der Waals surface area contributed by atoms with Gasteiger partial charge < -0.3 is 14.7 Å². The maximum Gasteiger partial charge on any atom is 0.322 e. The number of aromatic nitrogens is 1. The minimum absolute atomic E-state index is 0.139. The summed E-state index contributed by atoms with van der Waals surface area (Å²) in [6.07, 6.45) is 1.70. The van der Waals surface area contributed by atoms with Crippen molar-refractivity contribution < 1.29 is 13.7 Å². The van der Waals surface area contributed by atoms with Crippen molar-refractivity contribution in [3.05, 3.63) is 46.0 Å². The van der Waals surface area contributed by atoms with E-state index in [0.717, 1.165) is 24.3 Å². The van der Waals surface area contributed by atoms with Gasteiger partial charge in [-0.2, -0.15) is 0 Å². The lowest BCUT2D eigenvalue weighted by Crippen LogP contribution is -2.34. The molecule has 0 radical (unpaired) electrons. The van der Waals surface area contributed by atoms with Crippen molar-refractivity contribution in [2.24, 2.45) is 0 Å². The SMILES string of the molecule is CC(C)c1cc([C@H]2CCCN2C(=O)Nc2ccc(Br)cc2F)no1. The standard InChI is InChI=1S/C17H19BrFN3O2/c1-10(2)16-9-14(21-24-16)15-4-3-7-22(15)17(23)20-13-6-5-11(18)8-12(13)19/h5-6,8-10,15H,3-4,7H2,1-2H3,(H,20,23)/t15-/m1/s1. The van der Waals surface area contributed by atoms with Crippen molar-refractivity contribution in [2.75, 3.05) is 11.9 Å². The van der Waals surface area contributed by atoms with Gasteiger partial charge in [-0.3, -0.25) is 0 Å². The van der Waals surface area contributed by atoms with E-state index in [9.17, 15) is 9.18 Å². The number of carbonyl (C=O) groups is 1. The third kappa shape index (κ3) is 3.45. The van der Waals surface area contributed by atoms with E-state index in [1.165, 1.54) is 12.1 Å². The highest BCUT2D eigenvalue weighted by molar-refractivity contribution is 9.10. The first-order chi connectivity index (χ1) is 11.5. The number of rotatable bonds is 3. The average Bonchev–Trinajstić information content (AvgIpc) is 3.17. The van der Waals surface area contributed by atoms with Crippen LogP contribution in [-0.4, -0.2) is 22.6 Å². The predicted octanol–water partition coefficient (Wildman–Crippen LogP) is 5.07. The van der Waals surface area contributed by atoms with E-state index in [1.807, 2.05) is 19.9 Å². The van der Waals surface area contributed by atoms with Crippen LogP contribution < -0.4 is 5.32 Å². The topological polar surface area (TPSA) is 58.4 Å². The van der Waals surface area contributed by atoms with Crippen molar-refractivity contribution in [1.29, 1.82) is 0 Å². The van der Waals surface area contributed by atoms with Gasteiger partial charge in [0, 0.05) is 23.0 Å². The van der Waals surface area contributed by atoms with Gasteiger partial charge in [-0.1, -0.05) is 34.9 Å². The Bertz CT molecular complexity index is 747. The number of hydrogen-bond donors (Lipinski definition) is 1. The molecule has 128 valence electrons. The number of amides is 2. The zero-order valence-corrected chi connectivity index (χ0v) is 15.1. The second-order valence-corrected chi connectivity index (χ2v) is 7.13. The minimum Gasteiger partial charge on any atom is -0.361 e. The molecule has 1 N–H and O–H groups in total. The molecule has 0 unspecified atom stereocenters. The molecule has 24 heavy (non-hydrogen) atoms. The molecular formula is C17H19BrFN3O2. The van der Waals surface area contributed by atoms with Gasteiger partial charge in [0.1, 0.15) is 17.3 Å². The Morgan fingerprint density at radius 2 is 2.25 bits per heavy atom. The summed E-state index contributed by atoms with van der Waals surface area (Å²) >= 11 is 3.20. The number of nitrogens with zero attached hydrogens (tertiary/aromatic N) is 2. The molecule has 1 aromatic carbocycles. The van der Waals surface area contributed by atoms with Crippen molar-refractivity contribution in [3.63, 3.8) is 0 Å². The summed E-state index contributed by atoms with van der Waals surface area (Å²) in [7, 11) is 0. The molecule has 2 aromatic rings. The lowest BCUT2D eigenvalue weighted by Gasteiger charge is -2.23. The van der Waals surface area contributed by atoms with Gasteiger partial charge in [-0.05, 0) is 31.0 Å². The molecule has 2 amide bonds. The number of anilines is 1. The molecular weight excluding hydrogens is 377 g/mol. The maximum absolute atomic E-state index is 13.9. The number of benzene rings is 1. The van der Waals surface area contributed by atoms with Crippen molar-refractivity contribution >= 4 is 27.6 Å². The molecule has 0 spiro atoms. The molecule has 5 nitrogen and oxygen atoms in total. The fourth-order valence-electron chi connectivity index (χ4n) is 2.83. The maximum atomic E-state index is 13.9. The van der Waals surface area contributed by atoms with E-state index in [0.29, 0.717) is 11.0 Å². The Hall–Kier alpha value is -1.89. The van der Waals surface area contributed by atoms with Crippen LogP contribution in [0.4, 0.5) is 14.9 Å². The highest BCUT2D eigenvalue weighted by Crippen LogP contribution is 2.33. The van der Waals surface area contributed by atoms with Crippen LogP contribution in [0, 0.1) is 5.82 Å². The first-order valence-corrected chi connectivity index (χ1v) is 8.74. The van der Waals surface area contributed by atoms with Gasteiger partial charge in [0.25, 0.3) is 0 Å². The number of hydrogen-bond acceptors (Lipinski definition) is 3. The van der Waals surface area contributed by atoms with Crippen molar-refractivity contribution in [3.8, 4) is 0 Å². The Balaban J connectivity index is 1.75. The van der Waals surface area contributed by atoms with E-state index >= 15 is 0 Å². The highest BCUT2D eigenvalue weighted by atomic mass is 79.9. The molecule has 3 rings (SSSR count). The number of halogens is 2. The molecule has 1 aliphatic rings. The molecule has 2 heterocycles. The van der Waals surface area contributed by atoms with Gasteiger partial charge in [-0.25, -0.2) is 9.18 Å². The Morgan fingerprint density at radius 3 is 2.92 bits per heavy atom. The molecule has 0 bridgehead atoms. The molecule has 0 aliphatic carbocycles. The summed E-state index contributed by atoms with van der Waals surface area (Å²) < 4.78 is 19.9. The number of carbonyl (C=O) groups excluding carboxylic acids is 1. The lowest BCUT2D eigenvalue weighted by atomic mass is 10.1. The molecule has 1 aliphatic heterocycles. The third-order valence-corrected chi connectivity index (χ3v) is 4.64. The van der Waals surface area contributed by atoms with E-state index in [1.54, 1.807) is 11.0 Å². The summed E-state index contributed by atoms with van der Waals surface area (Å²) in [6, 6.07) is 5.99. The van der Waals surface area contributed by atoms with Gasteiger partial charge >= 0.3 is 6.03 Å². The number of nitrogens with one attached hydrogen (secondary N) is 1. The summed E-state index contributed by atoms with van der Waals surface area (Å²) in [4.78, 5) is 14.2. The predicted molar refractivity (Wildman–Crippen MR) is 92.4 cm³/mol. The van der Waals surface area contributed by atoms with Crippen molar-refractivity contribution in [2.45, 2.75) is 38.6 Å². The van der Waals surface area contributed by atoms with Crippen LogP contribution in [0.25, 0.3) is 0 Å². The number of urea groups is 1. The van der Waals surface area contributed by atoms with Crippen LogP contribution in [0.1, 0.15) is 50.1 Å². The largest absolute Gasteiger partial charge is 0.361 e. The molecule has 0 saturated carbocycles. The van der Waals surface area contributed by atoms with Crippen LogP contribution in [-0.2, 0) is 0 Å². The first kappa shape index (κ1) is 17.0. The fraction of sp³-hybridized carbons (Fsp3) is 0.412. The monoisotopic (exact) mass is 395 g/mol. The smallest absolute Gasteiger partial charge is 0.322 e. The summed E-state index contributed by atoms with van der Waals surface area (Å²) in [6.45, 7) is 4.66. The molecule has 1 atom stereocenters. The molecule has 1 saturated heterocycles. The third-order valence-electron chi connectivity index (χ3n) is 4.14. The Kier molecular flexibility index (Phi) is 4.89. The van der Waals surface area contributed by atoms with Gasteiger partial charge in [0.2, 0.25) is 0 Å². The van der Waals surface area contributed by atoms with E-state index in [2.05, 4.69) is 26.4 Å². The zero-order chi connectivity index (χ0) is 17.3. The zero-order valence-electron chi connectivity index (χ0n) is 13.6. The van der Waals surface area contributed by atoms with Crippen LogP contribution >= 0.6 is 15.9 Å². The second-order valence-electron chi connectivity index (χ2n) is 6.21. The second kappa shape index (κ2) is 6.93. The Morgan fingerprint density at radius 1 is 1.46 bits per heavy atom. The normalized spacial score (nSPS) is 17.5. The lowest BCUT2D eigenvalue weighted by molar-refractivity contribution is 0.204. The molecule has 1 aromatic heterocycles. The summed E-state index contributed by atoms with van der Waals surface area (Å²) in [5.74, 6) is 0.569. The Labute approximate surface area is 148 Å². The summed E-state index contributed by atoms with van der Waals surface area (Å²) in [5.41, 5.74) is 0.916. The van der Waals surface area contributed by atoms with Crippen LogP contribution in [0.2, 0.25) is 0 Å². The van der Waals surface area contributed by atoms with E-state index in [-0.39, 0.29) is 23.7 Å². The van der Waals surface area contributed by atoms with Crippen LogP contribution in [0.5, 0.6) is 0 Å². The average molecular weight is 396 g/mol. The van der Waals surface area contributed by atoms with Gasteiger partial charge in [0.15, 0.2) is 0 Å². The number of likely N-dealkylation sites (tertiary alicyclic amines) is 1. The fourth-order valence-corrected chi connectivity index (χ4v) is 3.16. The highest BCUT2D eigenvalue weighted by Gasteiger charge is 2.32. The summed E-state index contributed by atoms with van der Waals surface area (Å²) in [5, 5.41) is 6.75. The quantitative estimate of drug-likeness (QED) is 0.788. The van der Waals surface area contributed by atoms with Gasteiger partial charge in [0.05, 0.1) is 11.7 Å². The minimum atomic E-state index is -0.475. The van der Waals surface area contributed by atoms with Gasteiger partial charge in [-0.15, -0.1) is 0 Å². The van der Waals surface area contributed by atoms with Crippen LogP contribution in [0.3, 0.4) is 0 Å².